The standard InChI is InChI=1S/C30H40FN3O4/c1-20(15-21-9-8-10-21)27(36)33-14-13-30(38,29(2,3)18-33)19-34-17-24(28(37)32(4)5)23(16-26(34)35)22-11-6-7-12-25(22)31/h6-7,11-12,16-17,20-21,38H,8-10,13-15,18-19H2,1-5H3/t20-,30+/m1/s1. The number of aromatic nitrogens is 1. The van der Waals surface area contributed by atoms with Crippen LogP contribution in [0.25, 0.3) is 11.1 Å². The third-order valence-corrected chi connectivity index (χ3v) is 8.64. The van der Waals surface area contributed by atoms with E-state index in [0.717, 1.165) is 6.42 Å². The fourth-order valence-electron chi connectivity index (χ4n) is 5.78. The number of hydrogen-bond acceptors (Lipinski definition) is 4. The van der Waals surface area contributed by atoms with Gasteiger partial charge in [0.2, 0.25) is 5.91 Å². The van der Waals surface area contributed by atoms with Gasteiger partial charge in [-0.05, 0) is 24.8 Å². The Bertz CT molecular complexity index is 1270. The predicted molar refractivity (Wildman–Crippen MR) is 145 cm³/mol. The number of pyridine rings is 1. The van der Waals surface area contributed by atoms with Crippen LogP contribution in [0.3, 0.4) is 0 Å². The molecule has 206 valence electrons. The Morgan fingerprint density at radius 1 is 1.18 bits per heavy atom. The second kappa shape index (κ2) is 10.6. The van der Waals surface area contributed by atoms with Crippen LogP contribution in [0.5, 0.6) is 0 Å². The van der Waals surface area contributed by atoms with E-state index in [2.05, 4.69) is 0 Å². The molecule has 8 heteroatoms. The largest absolute Gasteiger partial charge is 0.387 e. The molecule has 38 heavy (non-hydrogen) atoms. The van der Waals surface area contributed by atoms with Gasteiger partial charge >= 0.3 is 0 Å². The lowest BCUT2D eigenvalue weighted by atomic mass is 9.69. The average molecular weight is 526 g/mol. The third-order valence-electron chi connectivity index (χ3n) is 8.64. The summed E-state index contributed by atoms with van der Waals surface area (Å²) in [4.78, 5) is 42.7. The van der Waals surface area contributed by atoms with E-state index in [9.17, 15) is 23.9 Å². The van der Waals surface area contributed by atoms with Crippen LogP contribution >= 0.6 is 0 Å². The second-order valence-electron chi connectivity index (χ2n) is 12.1. The molecule has 0 bridgehead atoms. The van der Waals surface area contributed by atoms with Gasteiger partial charge in [0.05, 0.1) is 17.7 Å². The summed E-state index contributed by atoms with van der Waals surface area (Å²) in [5, 5.41) is 11.8. The number of aliphatic hydroxyl groups is 1. The highest BCUT2D eigenvalue weighted by Gasteiger charge is 2.49. The summed E-state index contributed by atoms with van der Waals surface area (Å²) in [7, 11) is 3.19. The molecule has 1 aromatic heterocycles. The van der Waals surface area contributed by atoms with Crippen molar-refractivity contribution in [2.75, 3.05) is 27.2 Å². The summed E-state index contributed by atoms with van der Waals surface area (Å²) in [6.45, 7) is 6.56. The Kier molecular flexibility index (Phi) is 7.84. The molecule has 2 atom stereocenters. The fourth-order valence-corrected chi connectivity index (χ4v) is 5.78. The molecule has 0 spiro atoms. The number of hydrogen-bond donors (Lipinski definition) is 1. The molecule has 1 N–H and O–H groups in total. The van der Waals surface area contributed by atoms with E-state index in [1.165, 1.54) is 53.1 Å². The SMILES string of the molecule is C[C@H](CC1CCC1)C(=O)N1CC[C@](O)(Cn2cc(C(=O)N(C)C)c(-c3ccccc3F)cc2=O)C(C)(C)C1. The zero-order chi connectivity index (χ0) is 27.8. The van der Waals surface area contributed by atoms with Gasteiger partial charge in [-0.1, -0.05) is 58.2 Å². The normalized spacial score (nSPS) is 22.0. The summed E-state index contributed by atoms with van der Waals surface area (Å²) in [5.74, 6) is -0.181. The lowest BCUT2D eigenvalue weighted by Crippen LogP contribution is -2.61. The van der Waals surface area contributed by atoms with Gasteiger partial charge in [0.1, 0.15) is 5.82 Å². The van der Waals surface area contributed by atoms with Crippen LogP contribution < -0.4 is 5.56 Å². The number of likely N-dealkylation sites (tertiary alicyclic amines) is 1. The van der Waals surface area contributed by atoms with E-state index < -0.39 is 22.4 Å². The Labute approximate surface area is 224 Å². The predicted octanol–water partition coefficient (Wildman–Crippen LogP) is 4.17. The first-order valence-electron chi connectivity index (χ1n) is 13.6. The molecule has 2 fully saturated rings. The zero-order valence-corrected chi connectivity index (χ0v) is 23.2. The smallest absolute Gasteiger partial charge is 0.255 e. The van der Waals surface area contributed by atoms with E-state index in [1.807, 2.05) is 25.7 Å². The van der Waals surface area contributed by atoms with Gasteiger partial charge in [-0.3, -0.25) is 14.4 Å². The van der Waals surface area contributed by atoms with Gasteiger partial charge in [-0.2, -0.15) is 0 Å². The highest BCUT2D eigenvalue weighted by atomic mass is 19.1. The Morgan fingerprint density at radius 2 is 1.87 bits per heavy atom. The van der Waals surface area contributed by atoms with Gasteiger partial charge in [0, 0.05) is 61.9 Å². The molecule has 7 nitrogen and oxygen atoms in total. The van der Waals surface area contributed by atoms with Crippen LogP contribution in [-0.4, -0.2) is 64.1 Å². The number of carbonyl (C=O) groups excluding carboxylic acids is 2. The molecule has 2 heterocycles. The first-order valence-corrected chi connectivity index (χ1v) is 13.6. The quantitative estimate of drug-likeness (QED) is 0.588. The van der Waals surface area contributed by atoms with Crippen LogP contribution in [0.4, 0.5) is 4.39 Å². The molecule has 2 amide bonds. The molecule has 4 rings (SSSR count). The minimum Gasteiger partial charge on any atom is -0.387 e. The average Bonchev–Trinajstić information content (AvgIpc) is 2.83. The van der Waals surface area contributed by atoms with Crippen LogP contribution in [0.2, 0.25) is 0 Å². The first kappa shape index (κ1) is 28.0. The van der Waals surface area contributed by atoms with Crippen LogP contribution in [-0.2, 0) is 11.3 Å². The Morgan fingerprint density at radius 3 is 2.45 bits per heavy atom. The molecule has 1 saturated heterocycles. The van der Waals surface area contributed by atoms with E-state index in [0.29, 0.717) is 25.4 Å². The van der Waals surface area contributed by atoms with Crippen molar-refractivity contribution in [2.45, 2.75) is 65.0 Å². The van der Waals surface area contributed by atoms with E-state index in [-0.39, 0.29) is 41.0 Å². The summed E-state index contributed by atoms with van der Waals surface area (Å²) in [6, 6.07) is 7.30. The minimum absolute atomic E-state index is 0.0379. The van der Waals surface area contributed by atoms with Crippen molar-refractivity contribution >= 4 is 11.8 Å². The van der Waals surface area contributed by atoms with Gasteiger partial charge in [0.25, 0.3) is 11.5 Å². The molecule has 0 radical (unpaired) electrons. The van der Waals surface area contributed by atoms with Crippen molar-refractivity contribution < 1.29 is 19.1 Å². The number of rotatable bonds is 7. The number of piperidine rings is 1. The van der Waals surface area contributed by atoms with Crippen molar-refractivity contribution in [3.63, 3.8) is 0 Å². The molecule has 1 aliphatic heterocycles. The number of nitrogens with zero attached hydrogens (tertiary/aromatic N) is 3. The summed E-state index contributed by atoms with van der Waals surface area (Å²) in [6.07, 6.45) is 6.29. The van der Waals surface area contributed by atoms with Gasteiger partial charge in [-0.15, -0.1) is 0 Å². The molecule has 1 aliphatic carbocycles. The number of benzene rings is 1. The van der Waals surface area contributed by atoms with Crippen molar-refractivity contribution in [3.05, 3.63) is 58.3 Å². The van der Waals surface area contributed by atoms with Gasteiger partial charge < -0.3 is 19.5 Å². The maximum absolute atomic E-state index is 14.6. The molecule has 0 unspecified atom stereocenters. The third kappa shape index (κ3) is 5.41. The molecular weight excluding hydrogens is 485 g/mol. The highest BCUT2D eigenvalue weighted by Crippen LogP contribution is 2.41. The zero-order valence-electron chi connectivity index (χ0n) is 23.2. The maximum atomic E-state index is 14.6. The van der Waals surface area contributed by atoms with Crippen LogP contribution in [0.15, 0.2) is 41.3 Å². The summed E-state index contributed by atoms with van der Waals surface area (Å²) >= 11 is 0. The Balaban J connectivity index is 1.60. The van der Waals surface area contributed by atoms with Crippen molar-refractivity contribution in [2.24, 2.45) is 17.3 Å². The van der Waals surface area contributed by atoms with E-state index in [4.69, 9.17) is 0 Å². The molecule has 1 aromatic carbocycles. The number of halogens is 1. The van der Waals surface area contributed by atoms with Crippen LogP contribution in [0, 0.1) is 23.1 Å². The topological polar surface area (TPSA) is 82.8 Å². The van der Waals surface area contributed by atoms with Crippen molar-refractivity contribution in [1.29, 1.82) is 0 Å². The number of carbonyl (C=O) groups is 2. The number of amides is 2. The molecule has 2 aliphatic rings. The van der Waals surface area contributed by atoms with Crippen LogP contribution in [0.1, 0.15) is 63.2 Å². The second-order valence-corrected chi connectivity index (χ2v) is 12.1. The lowest BCUT2D eigenvalue weighted by Gasteiger charge is -2.51. The van der Waals surface area contributed by atoms with Crippen molar-refractivity contribution in [1.82, 2.24) is 14.4 Å². The first-order chi connectivity index (χ1) is 17.8. The summed E-state index contributed by atoms with van der Waals surface area (Å²) < 4.78 is 16.0. The molecular formula is C30H40FN3O4. The van der Waals surface area contributed by atoms with Crippen molar-refractivity contribution in [3.8, 4) is 11.1 Å². The highest BCUT2D eigenvalue weighted by molar-refractivity contribution is 6.00. The fraction of sp³-hybridized carbons (Fsp3) is 0.567. The maximum Gasteiger partial charge on any atom is 0.255 e. The van der Waals surface area contributed by atoms with Gasteiger partial charge in [-0.25, -0.2) is 4.39 Å². The minimum atomic E-state index is -1.29. The molecule has 2 aromatic rings. The lowest BCUT2D eigenvalue weighted by molar-refractivity contribution is -0.157. The summed E-state index contributed by atoms with van der Waals surface area (Å²) in [5.41, 5.74) is -1.86. The van der Waals surface area contributed by atoms with E-state index in [1.54, 1.807) is 26.2 Å². The van der Waals surface area contributed by atoms with E-state index >= 15 is 0 Å². The Hall–Kier alpha value is -3.00. The monoisotopic (exact) mass is 525 g/mol. The molecule has 1 saturated carbocycles. The van der Waals surface area contributed by atoms with Gasteiger partial charge in [0.15, 0.2) is 0 Å².